The number of nitrogens with one attached hydrogen (secondary N) is 1. The highest BCUT2D eigenvalue weighted by Gasteiger charge is 2.05. The molecule has 0 aliphatic rings. The molecule has 5 heteroatoms. The number of methoxy groups -OCH3 is 2. The maximum Gasteiger partial charge on any atom is 0.169 e. The minimum Gasteiger partial charge on any atom is -0.355 e. The first-order chi connectivity index (χ1) is 9.33. The van der Waals surface area contributed by atoms with E-state index in [0.29, 0.717) is 13.1 Å². The molecule has 0 aliphatic heterocycles. The molecule has 2 aromatic rings. The lowest BCUT2D eigenvalue weighted by molar-refractivity contribution is -0.0989. The van der Waals surface area contributed by atoms with Crippen LogP contribution >= 0.6 is 0 Å². The maximum absolute atomic E-state index is 5.10. The molecule has 102 valence electrons. The summed E-state index contributed by atoms with van der Waals surface area (Å²) in [4.78, 5) is 0. The van der Waals surface area contributed by atoms with Gasteiger partial charge in [0, 0.05) is 33.5 Å². The molecule has 0 unspecified atom stereocenters. The molecule has 0 spiro atoms. The molecule has 19 heavy (non-hydrogen) atoms. The second-order valence-corrected chi connectivity index (χ2v) is 4.12. The Morgan fingerprint density at radius 1 is 1.16 bits per heavy atom. The van der Waals surface area contributed by atoms with E-state index in [0.717, 1.165) is 11.4 Å². The Bertz CT molecular complexity index is 480. The lowest BCUT2D eigenvalue weighted by Gasteiger charge is -2.13. The summed E-state index contributed by atoms with van der Waals surface area (Å²) in [5.74, 6) is 0. The van der Waals surface area contributed by atoms with Gasteiger partial charge >= 0.3 is 0 Å². The first-order valence-corrected chi connectivity index (χ1v) is 6.19. The number of hydrogen-bond acceptors (Lipinski definition) is 4. The highest BCUT2D eigenvalue weighted by molar-refractivity contribution is 5.30. The van der Waals surface area contributed by atoms with E-state index in [-0.39, 0.29) is 6.29 Å². The second kappa shape index (κ2) is 7.04. The van der Waals surface area contributed by atoms with E-state index >= 15 is 0 Å². The van der Waals surface area contributed by atoms with Crippen molar-refractivity contribution in [3.8, 4) is 5.69 Å². The number of benzene rings is 1. The van der Waals surface area contributed by atoms with Crippen molar-refractivity contribution >= 4 is 0 Å². The van der Waals surface area contributed by atoms with E-state index in [1.807, 2.05) is 47.3 Å². The molecule has 2 rings (SSSR count). The summed E-state index contributed by atoms with van der Waals surface area (Å²) in [7, 11) is 3.25. The van der Waals surface area contributed by atoms with Gasteiger partial charge in [0.05, 0.1) is 11.4 Å². The fourth-order valence-electron chi connectivity index (χ4n) is 1.76. The molecule has 0 saturated carbocycles. The summed E-state index contributed by atoms with van der Waals surface area (Å²) < 4.78 is 12.1. The van der Waals surface area contributed by atoms with Crippen molar-refractivity contribution in [3.05, 3.63) is 48.3 Å². The first kappa shape index (κ1) is 13.7. The third-order valence-electron chi connectivity index (χ3n) is 2.81. The second-order valence-electron chi connectivity index (χ2n) is 4.12. The monoisotopic (exact) mass is 261 g/mol. The molecule has 0 bridgehead atoms. The van der Waals surface area contributed by atoms with Crippen molar-refractivity contribution in [3.63, 3.8) is 0 Å². The molecule has 1 heterocycles. The Kier molecular flexibility index (Phi) is 5.09. The fourth-order valence-corrected chi connectivity index (χ4v) is 1.76. The van der Waals surface area contributed by atoms with Crippen molar-refractivity contribution in [1.29, 1.82) is 0 Å². The van der Waals surface area contributed by atoms with Crippen molar-refractivity contribution < 1.29 is 9.47 Å². The SMILES string of the molecule is COC(CNCc1ccn(-c2ccccc2)n1)OC. The molecular weight excluding hydrogens is 242 g/mol. The lowest BCUT2D eigenvalue weighted by atomic mass is 10.3. The van der Waals surface area contributed by atoms with Crippen LogP contribution in [0.3, 0.4) is 0 Å². The predicted molar refractivity (Wildman–Crippen MR) is 73.1 cm³/mol. The van der Waals surface area contributed by atoms with Crippen molar-refractivity contribution in [2.45, 2.75) is 12.8 Å². The molecule has 5 nitrogen and oxygen atoms in total. The van der Waals surface area contributed by atoms with Gasteiger partial charge in [-0.3, -0.25) is 0 Å². The number of rotatable bonds is 7. The average Bonchev–Trinajstić information content (AvgIpc) is 2.93. The molecule has 0 atom stereocenters. The van der Waals surface area contributed by atoms with E-state index in [1.54, 1.807) is 14.2 Å². The number of hydrogen-bond donors (Lipinski definition) is 1. The normalized spacial score (nSPS) is 11.1. The molecular formula is C14H19N3O2. The number of para-hydroxylation sites is 1. The van der Waals surface area contributed by atoms with Gasteiger partial charge in [0.2, 0.25) is 0 Å². The van der Waals surface area contributed by atoms with Crippen LogP contribution in [0.15, 0.2) is 42.6 Å². The summed E-state index contributed by atoms with van der Waals surface area (Å²) in [6, 6.07) is 12.0. The van der Waals surface area contributed by atoms with Crippen LogP contribution in [0.4, 0.5) is 0 Å². The Balaban J connectivity index is 1.88. The minimum absolute atomic E-state index is 0.226. The average molecular weight is 261 g/mol. The maximum atomic E-state index is 5.10. The van der Waals surface area contributed by atoms with Crippen LogP contribution in [-0.4, -0.2) is 36.8 Å². The summed E-state index contributed by atoms with van der Waals surface area (Å²) in [5.41, 5.74) is 2.04. The third-order valence-corrected chi connectivity index (χ3v) is 2.81. The van der Waals surface area contributed by atoms with Crippen molar-refractivity contribution in [2.24, 2.45) is 0 Å². The van der Waals surface area contributed by atoms with Gasteiger partial charge in [0.1, 0.15) is 0 Å². The smallest absolute Gasteiger partial charge is 0.169 e. The van der Waals surface area contributed by atoms with E-state index in [2.05, 4.69) is 10.4 Å². The summed E-state index contributed by atoms with van der Waals surface area (Å²) >= 11 is 0. The molecule has 1 aromatic carbocycles. The van der Waals surface area contributed by atoms with Crippen LogP contribution in [0.5, 0.6) is 0 Å². The van der Waals surface area contributed by atoms with Crippen molar-refractivity contribution in [1.82, 2.24) is 15.1 Å². The van der Waals surface area contributed by atoms with Gasteiger partial charge in [-0.15, -0.1) is 0 Å². The summed E-state index contributed by atoms with van der Waals surface area (Å²) in [6.07, 6.45) is 1.73. The molecule has 0 amide bonds. The molecule has 1 aromatic heterocycles. The van der Waals surface area contributed by atoms with E-state index in [4.69, 9.17) is 9.47 Å². The van der Waals surface area contributed by atoms with Gasteiger partial charge in [-0.2, -0.15) is 5.10 Å². The number of nitrogens with zero attached hydrogens (tertiary/aromatic N) is 2. The van der Waals surface area contributed by atoms with Crippen LogP contribution in [-0.2, 0) is 16.0 Å². The Morgan fingerprint density at radius 2 is 1.89 bits per heavy atom. The molecule has 0 aliphatic carbocycles. The quantitative estimate of drug-likeness (QED) is 0.769. The zero-order chi connectivity index (χ0) is 13.5. The van der Waals surface area contributed by atoms with Gasteiger partial charge < -0.3 is 14.8 Å². The van der Waals surface area contributed by atoms with Gasteiger partial charge in [-0.05, 0) is 18.2 Å². The van der Waals surface area contributed by atoms with Gasteiger partial charge in [0.15, 0.2) is 6.29 Å². The van der Waals surface area contributed by atoms with Crippen LogP contribution < -0.4 is 5.32 Å². The van der Waals surface area contributed by atoms with Crippen molar-refractivity contribution in [2.75, 3.05) is 20.8 Å². The third kappa shape index (κ3) is 3.89. The molecule has 0 saturated heterocycles. The Morgan fingerprint density at radius 3 is 2.58 bits per heavy atom. The molecule has 0 radical (unpaired) electrons. The van der Waals surface area contributed by atoms with Crippen LogP contribution in [0.1, 0.15) is 5.69 Å². The van der Waals surface area contributed by atoms with Gasteiger partial charge in [-0.25, -0.2) is 4.68 Å². The van der Waals surface area contributed by atoms with E-state index < -0.39 is 0 Å². The van der Waals surface area contributed by atoms with Crippen LogP contribution in [0.2, 0.25) is 0 Å². The highest BCUT2D eigenvalue weighted by Crippen LogP contribution is 2.06. The predicted octanol–water partition coefficient (Wildman–Crippen LogP) is 1.58. The topological polar surface area (TPSA) is 48.3 Å². The van der Waals surface area contributed by atoms with E-state index in [9.17, 15) is 0 Å². The number of aromatic nitrogens is 2. The zero-order valence-electron chi connectivity index (χ0n) is 11.2. The summed E-state index contributed by atoms with van der Waals surface area (Å²) in [6.45, 7) is 1.31. The van der Waals surface area contributed by atoms with Gasteiger partial charge in [-0.1, -0.05) is 18.2 Å². The molecule has 0 fully saturated rings. The fraction of sp³-hybridized carbons (Fsp3) is 0.357. The van der Waals surface area contributed by atoms with Crippen LogP contribution in [0.25, 0.3) is 5.69 Å². The Hall–Kier alpha value is -1.69. The lowest BCUT2D eigenvalue weighted by Crippen LogP contribution is -2.29. The number of ether oxygens (including phenoxy) is 2. The van der Waals surface area contributed by atoms with Gasteiger partial charge in [0.25, 0.3) is 0 Å². The largest absolute Gasteiger partial charge is 0.355 e. The zero-order valence-corrected chi connectivity index (χ0v) is 11.2. The minimum atomic E-state index is -0.226. The Labute approximate surface area is 113 Å². The standard InChI is InChI=1S/C14H19N3O2/c1-18-14(19-2)11-15-10-12-8-9-17(16-12)13-6-4-3-5-7-13/h3-9,14-15H,10-11H2,1-2H3. The van der Waals surface area contributed by atoms with E-state index in [1.165, 1.54) is 0 Å². The highest BCUT2D eigenvalue weighted by atomic mass is 16.7. The summed E-state index contributed by atoms with van der Waals surface area (Å²) in [5, 5.41) is 7.74. The van der Waals surface area contributed by atoms with Crippen LogP contribution in [0, 0.1) is 0 Å². The first-order valence-electron chi connectivity index (χ1n) is 6.19. The molecule has 1 N–H and O–H groups in total.